The average Bonchev–Trinajstić information content (AvgIpc) is 3.68. The fourth-order valence-electron chi connectivity index (χ4n) is 4.82. The highest BCUT2D eigenvalue weighted by Crippen LogP contribution is 2.36. The number of rotatable bonds is 11. The first-order chi connectivity index (χ1) is 21.1. The first-order valence-electron chi connectivity index (χ1n) is 14.3. The summed E-state index contributed by atoms with van der Waals surface area (Å²) < 4.78 is 55.9. The maximum Gasteiger partial charge on any atom is 0.416 e. The number of piperazine rings is 1. The largest absolute Gasteiger partial charge is 0.479 e. The minimum atomic E-state index is -4.39. The second-order valence-electron chi connectivity index (χ2n) is 10.4. The summed E-state index contributed by atoms with van der Waals surface area (Å²) in [6, 6.07) is 14.9. The molecule has 0 bridgehead atoms. The lowest BCUT2D eigenvalue weighted by Crippen LogP contribution is -2.46. The number of halogens is 3. The number of benzene rings is 2. The zero-order valence-corrected chi connectivity index (χ0v) is 26.4. The summed E-state index contributed by atoms with van der Waals surface area (Å²) in [5.74, 6) is 1.72. The molecule has 4 aromatic rings. The van der Waals surface area contributed by atoms with Gasteiger partial charge in [0.05, 0.1) is 24.1 Å². The van der Waals surface area contributed by atoms with E-state index in [2.05, 4.69) is 9.80 Å². The Morgan fingerprint density at radius 1 is 1.11 bits per heavy atom. The number of thioether (sulfide) groups is 1. The third-order valence-electron chi connectivity index (χ3n) is 7.24. The van der Waals surface area contributed by atoms with Crippen LogP contribution in [0.15, 0.2) is 70.2 Å². The zero-order valence-electron chi connectivity index (χ0n) is 24.7. The van der Waals surface area contributed by atoms with Crippen LogP contribution in [-0.4, -0.2) is 54.7 Å². The number of ether oxygens (including phenoxy) is 2. The summed E-state index contributed by atoms with van der Waals surface area (Å²) in [5.41, 5.74) is 1.82. The summed E-state index contributed by atoms with van der Waals surface area (Å²) >= 11 is 3.17. The van der Waals surface area contributed by atoms with Gasteiger partial charge in [-0.2, -0.15) is 13.2 Å². The summed E-state index contributed by atoms with van der Waals surface area (Å²) in [4.78, 5) is 23.6. The van der Waals surface area contributed by atoms with E-state index in [1.54, 1.807) is 31.9 Å². The van der Waals surface area contributed by atoms with E-state index in [1.165, 1.54) is 23.5 Å². The topological polar surface area (TPSA) is 68.0 Å². The number of furan rings is 1. The third-order valence-corrected chi connectivity index (χ3v) is 9.59. The Morgan fingerprint density at radius 2 is 1.86 bits per heavy atom. The summed E-state index contributed by atoms with van der Waals surface area (Å²) in [6.07, 6.45) is -3.42. The number of esters is 1. The Balaban J connectivity index is 1.30. The molecule has 3 heterocycles. The van der Waals surface area contributed by atoms with Crippen LogP contribution >= 0.6 is 23.1 Å². The van der Waals surface area contributed by atoms with Gasteiger partial charge in [0.15, 0.2) is 12.0 Å². The number of hydrogen-bond acceptors (Lipinski definition) is 9. The van der Waals surface area contributed by atoms with E-state index in [-0.39, 0.29) is 0 Å². The molecule has 5 rings (SSSR count). The van der Waals surface area contributed by atoms with Crippen molar-refractivity contribution < 1.29 is 31.9 Å². The number of carbonyl (C=O) groups is 1. The number of aryl methyl sites for hydroxylation is 1. The van der Waals surface area contributed by atoms with Gasteiger partial charge in [0.25, 0.3) is 0 Å². The fourth-order valence-corrected chi connectivity index (χ4v) is 7.00. The van der Waals surface area contributed by atoms with Crippen molar-refractivity contribution in [3.05, 3.63) is 82.6 Å². The second kappa shape index (κ2) is 14.1. The molecule has 7 nitrogen and oxygen atoms in total. The maximum atomic E-state index is 13.2. The third kappa shape index (κ3) is 7.96. The summed E-state index contributed by atoms with van der Waals surface area (Å²) in [6.45, 7) is 9.63. The van der Waals surface area contributed by atoms with Crippen molar-refractivity contribution in [2.45, 2.75) is 50.2 Å². The van der Waals surface area contributed by atoms with Gasteiger partial charge in [0.1, 0.15) is 10.8 Å². The van der Waals surface area contributed by atoms with Gasteiger partial charge in [-0.25, -0.2) is 9.78 Å². The van der Waals surface area contributed by atoms with Crippen LogP contribution in [0.3, 0.4) is 0 Å². The Kier molecular flexibility index (Phi) is 10.2. The standard InChI is InChI=1S/C32H34F3N3O4S2/c1-4-40-31(39)22(3)42-27-12-11-25(18-21(27)2)43-20-28-26(19-37-13-15-38(16-14-37)29-6-5-17-41-29)36-30(44-28)23-7-9-24(10-8-23)32(33,34)35/h5-12,17-18,22H,4,13-16,19-20H2,1-3H3. The Bertz CT molecular complexity index is 1530. The number of nitrogens with zero attached hydrogens (tertiary/aromatic N) is 3. The highest BCUT2D eigenvalue weighted by atomic mass is 32.2. The molecule has 2 aromatic carbocycles. The lowest BCUT2D eigenvalue weighted by atomic mass is 10.1. The molecule has 0 N–H and O–H groups in total. The molecule has 2 aromatic heterocycles. The zero-order chi connectivity index (χ0) is 31.3. The molecule has 1 aliphatic heterocycles. The minimum Gasteiger partial charge on any atom is -0.479 e. The van der Waals surface area contributed by atoms with Crippen LogP contribution < -0.4 is 9.64 Å². The quantitative estimate of drug-likeness (QED) is 0.122. The minimum absolute atomic E-state index is 0.294. The van der Waals surface area contributed by atoms with Crippen LogP contribution in [0.2, 0.25) is 0 Å². The molecule has 0 spiro atoms. The first-order valence-corrected chi connectivity index (χ1v) is 16.1. The van der Waals surface area contributed by atoms with E-state index < -0.39 is 23.8 Å². The van der Waals surface area contributed by atoms with E-state index in [4.69, 9.17) is 18.9 Å². The van der Waals surface area contributed by atoms with Crippen LogP contribution in [0.25, 0.3) is 10.6 Å². The van der Waals surface area contributed by atoms with E-state index >= 15 is 0 Å². The fraction of sp³-hybridized carbons (Fsp3) is 0.375. The molecule has 234 valence electrons. The van der Waals surface area contributed by atoms with Crippen molar-refractivity contribution >= 4 is 35.0 Å². The van der Waals surface area contributed by atoms with Crippen LogP contribution in [0.5, 0.6) is 5.75 Å². The molecule has 1 atom stereocenters. The van der Waals surface area contributed by atoms with Crippen molar-refractivity contribution in [2.75, 3.05) is 37.7 Å². The number of carbonyl (C=O) groups excluding carboxylic acids is 1. The molecule has 1 fully saturated rings. The van der Waals surface area contributed by atoms with Gasteiger partial charge in [-0.15, -0.1) is 23.1 Å². The van der Waals surface area contributed by atoms with Crippen molar-refractivity contribution in [1.29, 1.82) is 0 Å². The maximum absolute atomic E-state index is 13.2. The first kappa shape index (κ1) is 31.9. The highest BCUT2D eigenvalue weighted by Gasteiger charge is 2.30. The molecule has 1 aliphatic rings. The van der Waals surface area contributed by atoms with Crippen molar-refractivity contribution in [3.63, 3.8) is 0 Å². The van der Waals surface area contributed by atoms with Crippen LogP contribution in [0.1, 0.15) is 35.5 Å². The van der Waals surface area contributed by atoms with E-state index in [0.29, 0.717) is 35.2 Å². The van der Waals surface area contributed by atoms with Gasteiger partial charge in [0.2, 0.25) is 0 Å². The molecule has 12 heteroatoms. The monoisotopic (exact) mass is 645 g/mol. The van der Waals surface area contributed by atoms with Crippen molar-refractivity contribution in [2.24, 2.45) is 0 Å². The Labute approximate surface area is 263 Å². The molecule has 1 saturated heterocycles. The Morgan fingerprint density at radius 3 is 2.50 bits per heavy atom. The molecular weight excluding hydrogens is 611 g/mol. The van der Waals surface area contributed by atoms with Crippen LogP contribution in [-0.2, 0) is 28.0 Å². The molecule has 1 unspecified atom stereocenters. The molecule has 0 amide bonds. The SMILES string of the molecule is CCOC(=O)C(C)Oc1ccc(SCc2sc(-c3ccc(C(F)(F)F)cc3)nc2CN2CCN(c3ccco3)CC2)cc1C. The van der Waals surface area contributed by atoms with Gasteiger partial charge in [0, 0.05) is 59.9 Å². The lowest BCUT2D eigenvalue weighted by Gasteiger charge is -2.34. The van der Waals surface area contributed by atoms with Crippen molar-refractivity contribution in [1.82, 2.24) is 9.88 Å². The van der Waals surface area contributed by atoms with E-state index in [9.17, 15) is 18.0 Å². The molecule has 0 aliphatic carbocycles. The Hall–Kier alpha value is -3.48. The van der Waals surface area contributed by atoms with Gasteiger partial charge in [-0.1, -0.05) is 12.1 Å². The second-order valence-corrected chi connectivity index (χ2v) is 12.5. The number of anilines is 1. The van der Waals surface area contributed by atoms with Gasteiger partial charge >= 0.3 is 12.1 Å². The summed E-state index contributed by atoms with van der Waals surface area (Å²) in [7, 11) is 0. The molecule has 0 saturated carbocycles. The average molecular weight is 646 g/mol. The number of alkyl halides is 3. The van der Waals surface area contributed by atoms with E-state index in [1.807, 2.05) is 37.3 Å². The number of thiazole rings is 1. The van der Waals surface area contributed by atoms with Gasteiger partial charge in [-0.3, -0.25) is 4.90 Å². The molecule has 0 radical (unpaired) electrons. The molecule has 44 heavy (non-hydrogen) atoms. The highest BCUT2D eigenvalue weighted by molar-refractivity contribution is 7.98. The van der Waals surface area contributed by atoms with E-state index in [0.717, 1.165) is 65.2 Å². The number of hydrogen-bond donors (Lipinski definition) is 0. The van der Waals surface area contributed by atoms with Crippen molar-refractivity contribution in [3.8, 4) is 16.3 Å². The number of aromatic nitrogens is 1. The molecular formula is C32H34F3N3O4S2. The normalized spacial score (nSPS) is 14.9. The lowest BCUT2D eigenvalue weighted by molar-refractivity contribution is -0.150. The predicted molar refractivity (Wildman–Crippen MR) is 166 cm³/mol. The summed E-state index contributed by atoms with van der Waals surface area (Å²) in [5, 5.41) is 0.700. The van der Waals surface area contributed by atoms with Crippen LogP contribution in [0, 0.1) is 6.92 Å². The van der Waals surface area contributed by atoms with Gasteiger partial charge < -0.3 is 18.8 Å². The van der Waals surface area contributed by atoms with Crippen LogP contribution in [0.4, 0.5) is 19.1 Å². The predicted octanol–water partition coefficient (Wildman–Crippen LogP) is 7.68. The smallest absolute Gasteiger partial charge is 0.416 e. The van der Waals surface area contributed by atoms with Gasteiger partial charge in [-0.05, 0) is 62.7 Å².